The molecule has 0 heterocycles. The summed E-state index contributed by atoms with van der Waals surface area (Å²) in [6.45, 7) is 6.90. The summed E-state index contributed by atoms with van der Waals surface area (Å²) in [6, 6.07) is 15.4. The first-order valence-electron chi connectivity index (χ1n) is 6.02. The van der Waals surface area contributed by atoms with Crippen LogP contribution in [-0.2, 0) is 6.42 Å². The van der Waals surface area contributed by atoms with Crippen molar-refractivity contribution >= 4 is 10.8 Å². The number of benzene rings is 2. The van der Waals surface area contributed by atoms with Crippen LogP contribution in [0.3, 0.4) is 0 Å². The Labute approximate surface area is 98.3 Å². The molecule has 2 aromatic carbocycles. The highest BCUT2D eigenvalue weighted by Crippen LogP contribution is 2.23. The smallest absolute Gasteiger partial charge is 0.0181 e. The van der Waals surface area contributed by atoms with Crippen molar-refractivity contribution in [3.63, 3.8) is 0 Å². The Morgan fingerprint density at radius 2 is 1.56 bits per heavy atom. The predicted octanol–water partition coefficient (Wildman–Crippen LogP) is 4.82. The van der Waals surface area contributed by atoms with Crippen LogP contribution in [0, 0.1) is 5.41 Å². The molecule has 0 nitrogen and oxygen atoms in total. The van der Waals surface area contributed by atoms with Crippen molar-refractivity contribution < 1.29 is 0 Å². The molecule has 2 aromatic rings. The van der Waals surface area contributed by atoms with E-state index in [-0.39, 0.29) is 0 Å². The van der Waals surface area contributed by atoms with Crippen LogP contribution in [-0.4, -0.2) is 0 Å². The van der Waals surface area contributed by atoms with Gasteiger partial charge in [0, 0.05) is 0 Å². The molecule has 0 radical (unpaired) electrons. The molecular weight excluding hydrogens is 192 g/mol. The van der Waals surface area contributed by atoms with Crippen molar-refractivity contribution in [2.24, 2.45) is 5.41 Å². The van der Waals surface area contributed by atoms with Crippen LogP contribution in [0.1, 0.15) is 32.8 Å². The van der Waals surface area contributed by atoms with E-state index in [0.717, 1.165) is 0 Å². The predicted molar refractivity (Wildman–Crippen MR) is 71.7 cm³/mol. The van der Waals surface area contributed by atoms with Crippen LogP contribution < -0.4 is 0 Å². The van der Waals surface area contributed by atoms with Crippen molar-refractivity contribution in [2.45, 2.75) is 33.6 Å². The monoisotopic (exact) mass is 212 g/mol. The van der Waals surface area contributed by atoms with Gasteiger partial charge < -0.3 is 0 Å². The van der Waals surface area contributed by atoms with Crippen molar-refractivity contribution in [2.75, 3.05) is 0 Å². The summed E-state index contributed by atoms with van der Waals surface area (Å²) < 4.78 is 0. The molecule has 0 saturated heterocycles. The summed E-state index contributed by atoms with van der Waals surface area (Å²) in [5, 5.41) is 2.69. The van der Waals surface area contributed by atoms with Crippen LogP contribution in [0.4, 0.5) is 0 Å². The Morgan fingerprint density at radius 1 is 0.875 bits per heavy atom. The summed E-state index contributed by atoms with van der Waals surface area (Å²) >= 11 is 0. The summed E-state index contributed by atoms with van der Waals surface area (Å²) in [4.78, 5) is 0. The molecular formula is C16H20. The molecule has 0 saturated carbocycles. The maximum atomic E-state index is 2.32. The average Bonchev–Trinajstić information content (AvgIpc) is 2.25. The van der Waals surface area contributed by atoms with Gasteiger partial charge in [0.2, 0.25) is 0 Å². The maximum absolute atomic E-state index is 2.32. The molecule has 0 bridgehead atoms. The Morgan fingerprint density at radius 3 is 2.25 bits per heavy atom. The highest BCUT2D eigenvalue weighted by atomic mass is 14.1. The van der Waals surface area contributed by atoms with Gasteiger partial charge in [-0.3, -0.25) is 0 Å². The van der Waals surface area contributed by atoms with E-state index >= 15 is 0 Å². The van der Waals surface area contributed by atoms with Gasteiger partial charge in [-0.25, -0.2) is 0 Å². The summed E-state index contributed by atoms with van der Waals surface area (Å²) in [5.41, 5.74) is 1.87. The molecule has 0 aliphatic carbocycles. The number of hydrogen-bond acceptors (Lipinski definition) is 0. The van der Waals surface area contributed by atoms with Crippen molar-refractivity contribution in [1.82, 2.24) is 0 Å². The molecule has 0 atom stereocenters. The lowest BCUT2D eigenvalue weighted by Gasteiger charge is -2.17. The fraction of sp³-hybridized carbons (Fsp3) is 0.375. The van der Waals surface area contributed by atoms with Crippen LogP contribution in [0.15, 0.2) is 42.5 Å². The zero-order valence-electron chi connectivity index (χ0n) is 10.5. The molecule has 84 valence electrons. The highest BCUT2D eigenvalue weighted by Gasteiger charge is 2.09. The van der Waals surface area contributed by atoms with Gasteiger partial charge in [-0.15, -0.1) is 0 Å². The molecule has 0 heteroatoms. The SMILES string of the molecule is CC(C)(C)CCc1ccc2ccccc2c1. The van der Waals surface area contributed by atoms with Crippen LogP contribution in [0.5, 0.6) is 0 Å². The van der Waals surface area contributed by atoms with E-state index in [1.807, 2.05) is 0 Å². The lowest BCUT2D eigenvalue weighted by molar-refractivity contribution is 0.378. The van der Waals surface area contributed by atoms with E-state index in [0.29, 0.717) is 5.41 Å². The quantitative estimate of drug-likeness (QED) is 0.669. The third-order valence-corrected chi connectivity index (χ3v) is 2.98. The molecule has 0 amide bonds. The van der Waals surface area contributed by atoms with Gasteiger partial charge in [-0.2, -0.15) is 0 Å². The highest BCUT2D eigenvalue weighted by molar-refractivity contribution is 5.82. The number of rotatable bonds is 2. The fourth-order valence-corrected chi connectivity index (χ4v) is 1.91. The van der Waals surface area contributed by atoms with Crippen LogP contribution in [0.25, 0.3) is 10.8 Å². The van der Waals surface area contributed by atoms with Gasteiger partial charge in [0.25, 0.3) is 0 Å². The summed E-state index contributed by atoms with van der Waals surface area (Å²) in [7, 11) is 0. The van der Waals surface area contributed by atoms with Crippen LogP contribution in [0.2, 0.25) is 0 Å². The lowest BCUT2D eigenvalue weighted by Crippen LogP contribution is -2.06. The van der Waals surface area contributed by atoms with Gasteiger partial charge in [-0.05, 0) is 34.6 Å². The molecule has 0 aromatic heterocycles. The van der Waals surface area contributed by atoms with Gasteiger partial charge in [0.1, 0.15) is 0 Å². The second-order valence-electron chi connectivity index (χ2n) is 5.74. The van der Waals surface area contributed by atoms with Crippen molar-refractivity contribution in [3.05, 3.63) is 48.0 Å². The average molecular weight is 212 g/mol. The Balaban J connectivity index is 2.20. The van der Waals surface area contributed by atoms with E-state index in [1.54, 1.807) is 0 Å². The van der Waals surface area contributed by atoms with E-state index in [9.17, 15) is 0 Å². The number of aryl methyl sites for hydroxylation is 1. The summed E-state index contributed by atoms with van der Waals surface area (Å²) in [6.07, 6.45) is 2.42. The molecule has 0 unspecified atom stereocenters. The third-order valence-electron chi connectivity index (χ3n) is 2.98. The maximum Gasteiger partial charge on any atom is -0.0181 e. The second-order valence-corrected chi connectivity index (χ2v) is 5.74. The Bertz CT molecular complexity index is 475. The lowest BCUT2D eigenvalue weighted by atomic mass is 9.88. The minimum atomic E-state index is 0.422. The molecule has 16 heavy (non-hydrogen) atoms. The van der Waals surface area contributed by atoms with Gasteiger partial charge in [0.15, 0.2) is 0 Å². The van der Waals surface area contributed by atoms with Crippen molar-refractivity contribution in [1.29, 1.82) is 0 Å². The molecule has 0 spiro atoms. The second kappa shape index (κ2) is 4.29. The molecule has 0 aliphatic heterocycles. The normalized spacial score (nSPS) is 11.9. The third kappa shape index (κ3) is 2.85. The molecule has 0 fully saturated rings. The largest absolute Gasteiger partial charge is 0.0616 e. The zero-order chi connectivity index (χ0) is 11.6. The Hall–Kier alpha value is -1.30. The fourth-order valence-electron chi connectivity index (χ4n) is 1.91. The van der Waals surface area contributed by atoms with E-state index in [2.05, 4.69) is 63.2 Å². The molecule has 2 rings (SSSR count). The Kier molecular flexibility index (Phi) is 3.00. The van der Waals surface area contributed by atoms with E-state index < -0.39 is 0 Å². The van der Waals surface area contributed by atoms with Crippen molar-refractivity contribution in [3.8, 4) is 0 Å². The first-order chi connectivity index (χ1) is 7.54. The number of hydrogen-bond donors (Lipinski definition) is 0. The minimum absolute atomic E-state index is 0.422. The summed E-state index contributed by atoms with van der Waals surface area (Å²) in [5.74, 6) is 0. The first kappa shape index (κ1) is 11.2. The minimum Gasteiger partial charge on any atom is -0.0616 e. The van der Waals surface area contributed by atoms with E-state index in [1.165, 1.54) is 29.2 Å². The zero-order valence-corrected chi connectivity index (χ0v) is 10.5. The topological polar surface area (TPSA) is 0 Å². The molecule has 0 aliphatic rings. The van der Waals surface area contributed by atoms with E-state index in [4.69, 9.17) is 0 Å². The van der Waals surface area contributed by atoms with Crippen LogP contribution >= 0.6 is 0 Å². The van der Waals surface area contributed by atoms with Gasteiger partial charge >= 0.3 is 0 Å². The standard InChI is InChI=1S/C16H20/c1-16(2,3)11-10-13-8-9-14-6-4-5-7-15(14)12-13/h4-9,12H,10-11H2,1-3H3. The van der Waals surface area contributed by atoms with Gasteiger partial charge in [-0.1, -0.05) is 63.2 Å². The first-order valence-corrected chi connectivity index (χ1v) is 6.02. The van der Waals surface area contributed by atoms with Gasteiger partial charge in [0.05, 0.1) is 0 Å². The molecule has 0 N–H and O–H groups in total. The number of fused-ring (bicyclic) bond motifs is 1.